The van der Waals surface area contributed by atoms with Gasteiger partial charge in [-0.1, -0.05) is 86.3 Å². The van der Waals surface area contributed by atoms with Gasteiger partial charge in [0.1, 0.15) is 18.1 Å². The van der Waals surface area contributed by atoms with Gasteiger partial charge in [-0.25, -0.2) is 0 Å². The molecule has 0 aliphatic carbocycles. The zero-order valence-corrected chi connectivity index (χ0v) is 20.2. The van der Waals surface area contributed by atoms with Crippen LogP contribution < -0.4 is 15.2 Å². The highest BCUT2D eigenvalue weighted by Crippen LogP contribution is 2.19. The molecule has 4 nitrogen and oxygen atoms in total. The van der Waals surface area contributed by atoms with E-state index in [1.807, 2.05) is 48.5 Å². The Balaban J connectivity index is 1.12. The van der Waals surface area contributed by atoms with Crippen LogP contribution in [0.1, 0.15) is 49.7 Å². The molecule has 34 heavy (non-hydrogen) atoms. The predicted octanol–water partition coefficient (Wildman–Crippen LogP) is 6.57. The minimum atomic E-state index is 0.0698. The van der Waals surface area contributed by atoms with Crippen molar-refractivity contribution in [3.63, 3.8) is 0 Å². The smallest absolute Gasteiger partial charge is 0.120 e. The lowest BCUT2D eigenvalue weighted by Crippen LogP contribution is -2.28. The van der Waals surface area contributed by atoms with Crippen molar-refractivity contribution in [3.05, 3.63) is 96.1 Å². The molecule has 0 aliphatic rings. The summed E-state index contributed by atoms with van der Waals surface area (Å²) in [5, 5.41) is 0. The topological polar surface area (TPSA) is 53.7 Å². The first-order chi connectivity index (χ1) is 16.8. The van der Waals surface area contributed by atoms with E-state index >= 15 is 0 Å². The van der Waals surface area contributed by atoms with Crippen molar-refractivity contribution in [2.75, 3.05) is 19.8 Å². The maximum absolute atomic E-state index is 6.16. The van der Waals surface area contributed by atoms with Crippen molar-refractivity contribution in [1.29, 1.82) is 0 Å². The molecule has 0 aliphatic heterocycles. The van der Waals surface area contributed by atoms with Gasteiger partial charge >= 0.3 is 0 Å². The molecule has 0 aromatic heterocycles. The molecular formula is C30H39NO3. The van der Waals surface area contributed by atoms with Crippen LogP contribution in [0.2, 0.25) is 0 Å². The van der Waals surface area contributed by atoms with Gasteiger partial charge in [-0.3, -0.25) is 0 Å². The van der Waals surface area contributed by atoms with Gasteiger partial charge in [0.2, 0.25) is 0 Å². The quantitative estimate of drug-likeness (QED) is 0.231. The fourth-order valence-electron chi connectivity index (χ4n) is 3.79. The molecule has 0 radical (unpaired) electrons. The van der Waals surface area contributed by atoms with Crippen molar-refractivity contribution in [1.82, 2.24) is 0 Å². The summed E-state index contributed by atoms with van der Waals surface area (Å²) in [4.78, 5) is 0. The first-order valence-corrected chi connectivity index (χ1v) is 12.6. The van der Waals surface area contributed by atoms with E-state index in [0.29, 0.717) is 13.2 Å². The molecule has 0 bridgehead atoms. The van der Waals surface area contributed by atoms with Crippen LogP contribution in [0, 0.1) is 0 Å². The molecule has 0 amide bonds. The predicted molar refractivity (Wildman–Crippen MR) is 139 cm³/mol. The molecule has 1 unspecified atom stereocenters. The summed E-state index contributed by atoms with van der Waals surface area (Å²) in [6.07, 6.45) is 7.94. The van der Waals surface area contributed by atoms with Crippen LogP contribution >= 0.6 is 0 Å². The Morgan fingerprint density at radius 2 is 1.09 bits per heavy atom. The Kier molecular flexibility index (Phi) is 12.1. The van der Waals surface area contributed by atoms with Gasteiger partial charge < -0.3 is 19.9 Å². The van der Waals surface area contributed by atoms with E-state index in [1.165, 1.54) is 36.8 Å². The Labute approximate surface area is 205 Å². The van der Waals surface area contributed by atoms with Gasteiger partial charge in [0, 0.05) is 12.6 Å². The number of nitrogens with two attached hydrogens (primary N) is 1. The average Bonchev–Trinajstić information content (AvgIpc) is 2.88. The fraction of sp³-hybridized carbons (Fsp3) is 0.400. The van der Waals surface area contributed by atoms with E-state index in [4.69, 9.17) is 19.9 Å². The molecule has 182 valence electrons. The van der Waals surface area contributed by atoms with Crippen LogP contribution in [0.5, 0.6) is 11.5 Å². The zero-order valence-electron chi connectivity index (χ0n) is 20.2. The minimum Gasteiger partial charge on any atom is -0.494 e. The fourth-order valence-corrected chi connectivity index (χ4v) is 3.79. The third kappa shape index (κ3) is 10.9. The van der Waals surface area contributed by atoms with E-state index in [0.717, 1.165) is 44.0 Å². The Morgan fingerprint density at radius 3 is 1.74 bits per heavy atom. The number of rotatable bonds is 17. The summed E-state index contributed by atoms with van der Waals surface area (Å²) in [7, 11) is 0. The van der Waals surface area contributed by atoms with Crippen LogP contribution in [-0.2, 0) is 17.8 Å². The Hall–Kier alpha value is -2.82. The molecule has 4 heteroatoms. The molecule has 0 spiro atoms. The van der Waals surface area contributed by atoms with Crippen LogP contribution in [0.15, 0.2) is 84.9 Å². The Bertz CT molecular complexity index is 884. The lowest BCUT2D eigenvalue weighted by Gasteiger charge is -2.12. The van der Waals surface area contributed by atoms with Gasteiger partial charge in [-0.05, 0) is 54.7 Å². The lowest BCUT2D eigenvalue weighted by atomic mass is 10.1. The van der Waals surface area contributed by atoms with Crippen molar-refractivity contribution >= 4 is 0 Å². The second-order valence-electron chi connectivity index (χ2n) is 8.74. The molecule has 3 aromatic rings. The standard InChI is InChI=1S/C30H39NO3/c31-28(23-26-13-7-5-8-14-26)25-32-21-11-3-1-2-4-12-22-33-29-17-19-30(20-18-29)34-24-27-15-9-6-10-16-27/h5-10,13-20,28H,1-4,11-12,21-25,31H2. The molecule has 0 saturated carbocycles. The molecule has 3 aromatic carbocycles. The lowest BCUT2D eigenvalue weighted by molar-refractivity contribution is 0.117. The van der Waals surface area contributed by atoms with E-state index < -0.39 is 0 Å². The van der Waals surface area contributed by atoms with E-state index in [-0.39, 0.29) is 6.04 Å². The first-order valence-electron chi connectivity index (χ1n) is 12.6. The minimum absolute atomic E-state index is 0.0698. The van der Waals surface area contributed by atoms with Crippen molar-refractivity contribution in [2.24, 2.45) is 5.73 Å². The highest BCUT2D eigenvalue weighted by Gasteiger charge is 2.04. The van der Waals surface area contributed by atoms with Gasteiger partial charge in [-0.2, -0.15) is 0 Å². The second kappa shape index (κ2) is 15.9. The highest BCUT2D eigenvalue weighted by molar-refractivity contribution is 5.31. The number of hydrogen-bond acceptors (Lipinski definition) is 4. The number of hydrogen-bond donors (Lipinski definition) is 1. The van der Waals surface area contributed by atoms with Crippen LogP contribution in [0.4, 0.5) is 0 Å². The van der Waals surface area contributed by atoms with Crippen LogP contribution in [-0.4, -0.2) is 25.9 Å². The van der Waals surface area contributed by atoms with Gasteiger partial charge in [0.05, 0.1) is 13.2 Å². The summed E-state index contributed by atoms with van der Waals surface area (Å²) < 4.78 is 17.4. The summed E-state index contributed by atoms with van der Waals surface area (Å²) in [6.45, 7) is 2.77. The van der Waals surface area contributed by atoms with E-state index in [1.54, 1.807) is 0 Å². The molecule has 1 atom stereocenters. The summed E-state index contributed by atoms with van der Waals surface area (Å²) in [6, 6.07) is 28.5. The summed E-state index contributed by atoms with van der Waals surface area (Å²) >= 11 is 0. The normalized spacial score (nSPS) is 11.8. The molecule has 2 N–H and O–H groups in total. The first kappa shape index (κ1) is 25.8. The number of benzene rings is 3. The monoisotopic (exact) mass is 461 g/mol. The molecule has 0 fully saturated rings. The third-order valence-corrected chi connectivity index (χ3v) is 5.70. The number of ether oxygens (including phenoxy) is 3. The summed E-state index contributed by atoms with van der Waals surface area (Å²) in [5.41, 5.74) is 8.59. The maximum atomic E-state index is 6.16. The molecule has 0 heterocycles. The van der Waals surface area contributed by atoms with Crippen LogP contribution in [0.25, 0.3) is 0 Å². The summed E-state index contributed by atoms with van der Waals surface area (Å²) in [5.74, 6) is 1.76. The SMILES string of the molecule is NC(COCCCCCCCCOc1ccc(OCc2ccccc2)cc1)Cc1ccccc1. The Morgan fingerprint density at radius 1 is 0.559 bits per heavy atom. The number of unbranched alkanes of at least 4 members (excludes halogenated alkanes) is 5. The largest absolute Gasteiger partial charge is 0.494 e. The van der Waals surface area contributed by atoms with Gasteiger partial charge in [0.15, 0.2) is 0 Å². The van der Waals surface area contributed by atoms with E-state index in [2.05, 4.69) is 36.4 Å². The zero-order chi connectivity index (χ0) is 23.7. The van der Waals surface area contributed by atoms with Gasteiger partial charge in [0.25, 0.3) is 0 Å². The molecular weight excluding hydrogens is 422 g/mol. The third-order valence-electron chi connectivity index (χ3n) is 5.70. The van der Waals surface area contributed by atoms with Crippen LogP contribution in [0.3, 0.4) is 0 Å². The van der Waals surface area contributed by atoms with Crippen molar-refractivity contribution in [3.8, 4) is 11.5 Å². The molecule has 3 rings (SSSR count). The van der Waals surface area contributed by atoms with E-state index in [9.17, 15) is 0 Å². The maximum Gasteiger partial charge on any atom is 0.120 e. The highest BCUT2D eigenvalue weighted by atomic mass is 16.5. The van der Waals surface area contributed by atoms with Crippen molar-refractivity contribution < 1.29 is 14.2 Å². The van der Waals surface area contributed by atoms with Crippen molar-refractivity contribution in [2.45, 2.75) is 57.6 Å². The molecule has 0 saturated heterocycles. The average molecular weight is 462 g/mol. The van der Waals surface area contributed by atoms with Gasteiger partial charge in [-0.15, -0.1) is 0 Å². The second-order valence-corrected chi connectivity index (χ2v) is 8.74.